The fourth-order valence-corrected chi connectivity index (χ4v) is 5.15. The molecule has 29 heavy (non-hydrogen) atoms. The van der Waals surface area contributed by atoms with E-state index in [1.807, 2.05) is 11.9 Å². The van der Waals surface area contributed by atoms with Gasteiger partial charge < -0.3 is 10.2 Å². The van der Waals surface area contributed by atoms with Crippen LogP contribution in [0.25, 0.3) is 11.3 Å². The smallest absolute Gasteiger partial charge is 0.219 e. The van der Waals surface area contributed by atoms with Crippen LogP contribution in [-0.2, 0) is 4.79 Å². The molecule has 2 aromatic rings. The van der Waals surface area contributed by atoms with Crippen LogP contribution in [0.2, 0.25) is 0 Å². The van der Waals surface area contributed by atoms with E-state index in [9.17, 15) is 4.79 Å². The summed E-state index contributed by atoms with van der Waals surface area (Å²) < 4.78 is 0. The highest BCUT2D eigenvalue weighted by molar-refractivity contribution is 7.14. The van der Waals surface area contributed by atoms with E-state index >= 15 is 0 Å². The summed E-state index contributed by atoms with van der Waals surface area (Å²) >= 11 is 1.71. The molecule has 4 nitrogen and oxygen atoms in total. The summed E-state index contributed by atoms with van der Waals surface area (Å²) in [7, 11) is 1.91. The predicted octanol–water partition coefficient (Wildman–Crippen LogP) is 5.74. The maximum absolute atomic E-state index is 11.4. The van der Waals surface area contributed by atoms with Gasteiger partial charge in [0.15, 0.2) is 5.13 Å². The van der Waals surface area contributed by atoms with E-state index in [1.165, 1.54) is 53.5 Å². The fraction of sp³-hybridized carbons (Fsp3) is 0.583. The normalized spacial score (nSPS) is 19.2. The van der Waals surface area contributed by atoms with E-state index in [0.29, 0.717) is 11.8 Å². The van der Waals surface area contributed by atoms with Crippen molar-refractivity contribution in [3.05, 3.63) is 33.7 Å². The number of hydrogen-bond acceptors (Lipinski definition) is 4. The number of amides is 1. The zero-order valence-corrected chi connectivity index (χ0v) is 19.6. The molecule has 0 unspecified atom stereocenters. The minimum atomic E-state index is 0.169. The molecule has 1 aliphatic rings. The Hall–Kier alpha value is -1.88. The molecule has 1 fully saturated rings. The van der Waals surface area contributed by atoms with Crippen molar-refractivity contribution in [2.45, 2.75) is 60.3 Å². The molecule has 0 spiro atoms. The number of nitrogens with one attached hydrogen (secondary N) is 1. The van der Waals surface area contributed by atoms with Crippen molar-refractivity contribution in [2.75, 3.05) is 25.5 Å². The van der Waals surface area contributed by atoms with Gasteiger partial charge in [0.1, 0.15) is 0 Å². The van der Waals surface area contributed by atoms with E-state index in [2.05, 4.69) is 44.5 Å². The zero-order valence-electron chi connectivity index (χ0n) is 18.8. The van der Waals surface area contributed by atoms with Crippen molar-refractivity contribution in [1.29, 1.82) is 0 Å². The third-order valence-corrected chi connectivity index (χ3v) is 7.50. The molecule has 1 heterocycles. The maximum Gasteiger partial charge on any atom is 0.219 e. The van der Waals surface area contributed by atoms with Gasteiger partial charge in [0.25, 0.3) is 0 Å². The highest BCUT2D eigenvalue weighted by Crippen LogP contribution is 2.34. The number of aromatic nitrogens is 1. The van der Waals surface area contributed by atoms with Gasteiger partial charge in [0.05, 0.1) is 5.69 Å². The molecule has 0 radical (unpaired) electrons. The van der Waals surface area contributed by atoms with E-state index in [1.54, 1.807) is 18.3 Å². The second-order valence-electron chi connectivity index (χ2n) is 8.84. The van der Waals surface area contributed by atoms with Crippen molar-refractivity contribution in [3.8, 4) is 11.3 Å². The first kappa shape index (κ1) is 21.8. The molecule has 0 atom stereocenters. The number of carbonyl (C=O) groups is 1. The first-order valence-corrected chi connectivity index (χ1v) is 11.6. The lowest BCUT2D eigenvalue weighted by molar-refractivity contribution is -0.128. The Morgan fingerprint density at radius 3 is 2.28 bits per heavy atom. The Kier molecular flexibility index (Phi) is 6.99. The largest absolute Gasteiger partial charge is 0.361 e. The van der Waals surface area contributed by atoms with Gasteiger partial charge in [-0.05, 0) is 87.5 Å². The zero-order chi connectivity index (χ0) is 21.1. The molecular formula is C24H35N3OS. The number of aryl methyl sites for hydroxylation is 2. The Morgan fingerprint density at radius 1 is 1.10 bits per heavy atom. The summed E-state index contributed by atoms with van der Waals surface area (Å²) in [5.74, 6) is 1.52. The number of thiazole rings is 1. The van der Waals surface area contributed by atoms with Crippen LogP contribution in [0.3, 0.4) is 0 Å². The van der Waals surface area contributed by atoms with Gasteiger partial charge in [-0.25, -0.2) is 4.98 Å². The van der Waals surface area contributed by atoms with Crippen molar-refractivity contribution >= 4 is 22.4 Å². The van der Waals surface area contributed by atoms with Crippen LogP contribution in [0.5, 0.6) is 0 Å². The van der Waals surface area contributed by atoms with E-state index < -0.39 is 0 Å². The molecular weight excluding hydrogens is 378 g/mol. The average Bonchev–Trinajstić information content (AvgIpc) is 3.14. The molecule has 3 rings (SSSR count). The van der Waals surface area contributed by atoms with E-state index in [0.717, 1.165) is 23.9 Å². The van der Waals surface area contributed by atoms with Gasteiger partial charge in [0.2, 0.25) is 5.91 Å². The lowest BCUT2D eigenvalue weighted by Crippen LogP contribution is -2.32. The van der Waals surface area contributed by atoms with Crippen molar-refractivity contribution in [3.63, 3.8) is 0 Å². The monoisotopic (exact) mass is 413 g/mol. The highest BCUT2D eigenvalue weighted by atomic mass is 32.1. The second kappa shape index (κ2) is 9.29. The van der Waals surface area contributed by atoms with Gasteiger partial charge in [0, 0.05) is 38.0 Å². The second-order valence-corrected chi connectivity index (χ2v) is 9.70. The number of rotatable bonds is 6. The van der Waals surface area contributed by atoms with Crippen LogP contribution in [0, 0.1) is 39.5 Å². The van der Waals surface area contributed by atoms with Gasteiger partial charge in [-0.2, -0.15) is 0 Å². The molecule has 0 aliphatic heterocycles. The Balaban J connectivity index is 1.56. The van der Waals surface area contributed by atoms with Crippen LogP contribution in [0.4, 0.5) is 5.13 Å². The molecule has 158 valence electrons. The number of carbonyl (C=O) groups excluding carboxylic acids is 1. The van der Waals surface area contributed by atoms with Gasteiger partial charge in [-0.15, -0.1) is 11.3 Å². The van der Waals surface area contributed by atoms with Gasteiger partial charge in [-0.3, -0.25) is 4.79 Å². The molecule has 1 amide bonds. The quantitative estimate of drug-likeness (QED) is 0.657. The predicted molar refractivity (Wildman–Crippen MR) is 124 cm³/mol. The number of nitrogens with zero attached hydrogens (tertiary/aromatic N) is 2. The van der Waals surface area contributed by atoms with Gasteiger partial charge in [-0.1, -0.05) is 6.07 Å². The highest BCUT2D eigenvalue weighted by Gasteiger charge is 2.23. The summed E-state index contributed by atoms with van der Waals surface area (Å²) in [5.41, 5.74) is 7.71. The molecule has 1 aromatic heterocycles. The minimum Gasteiger partial charge on any atom is -0.361 e. The van der Waals surface area contributed by atoms with E-state index in [4.69, 9.17) is 4.98 Å². The van der Waals surface area contributed by atoms with Gasteiger partial charge >= 0.3 is 0 Å². The summed E-state index contributed by atoms with van der Waals surface area (Å²) in [4.78, 5) is 18.2. The number of benzene rings is 1. The lowest BCUT2D eigenvalue weighted by atomic mass is 9.82. The third-order valence-electron chi connectivity index (χ3n) is 6.70. The van der Waals surface area contributed by atoms with Crippen molar-refractivity contribution in [2.24, 2.45) is 11.8 Å². The average molecular weight is 414 g/mol. The molecule has 1 aliphatic carbocycles. The van der Waals surface area contributed by atoms with Crippen LogP contribution in [0.1, 0.15) is 54.9 Å². The summed E-state index contributed by atoms with van der Waals surface area (Å²) in [6.07, 6.45) is 4.90. The lowest BCUT2D eigenvalue weighted by Gasteiger charge is -2.31. The molecule has 0 bridgehead atoms. The van der Waals surface area contributed by atoms with Crippen molar-refractivity contribution < 1.29 is 4.79 Å². The van der Waals surface area contributed by atoms with Crippen LogP contribution < -0.4 is 5.32 Å². The summed E-state index contributed by atoms with van der Waals surface area (Å²) in [5, 5.41) is 6.80. The Morgan fingerprint density at radius 2 is 1.69 bits per heavy atom. The fourth-order valence-electron chi connectivity index (χ4n) is 4.44. The maximum atomic E-state index is 11.4. The third kappa shape index (κ3) is 5.19. The SMILES string of the molecule is CC(=O)N(C)CC1CCC(CNc2nc(-c3c(C)c(C)cc(C)c3C)cs2)CC1. The molecule has 1 aromatic carbocycles. The molecule has 1 N–H and O–H groups in total. The summed E-state index contributed by atoms with van der Waals surface area (Å²) in [6.45, 7) is 12.3. The first-order chi connectivity index (χ1) is 13.8. The number of hydrogen-bond donors (Lipinski definition) is 1. The van der Waals surface area contributed by atoms with E-state index in [-0.39, 0.29) is 5.91 Å². The molecule has 5 heteroatoms. The number of anilines is 1. The van der Waals surface area contributed by atoms with Crippen LogP contribution >= 0.6 is 11.3 Å². The Labute approximate surface area is 179 Å². The standard InChI is InChI=1S/C24H35N3OS/c1-15-11-16(2)18(4)23(17(15)3)22-14-29-24(26-22)25-12-20-7-9-21(10-8-20)13-27(6)19(5)28/h11,14,20-21H,7-10,12-13H2,1-6H3,(H,25,26). The van der Waals surface area contributed by atoms with Crippen LogP contribution in [-0.4, -0.2) is 35.9 Å². The summed E-state index contributed by atoms with van der Waals surface area (Å²) in [6, 6.07) is 2.27. The topological polar surface area (TPSA) is 45.2 Å². The van der Waals surface area contributed by atoms with Crippen molar-refractivity contribution in [1.82, 2.24) is 9.88 Å². The molecule has 1 saturated carbocycles. The minimum absolute atomic E-state index is 0.169. The molecule has 0 saturated heterocycles. The first-order valence-electron chi connectivity index (χ1n) is 10.7. The van der Waals surface area contributed by atoms with Crippen LogP contribution in [0.15, 0.2) is 11.4 Å². The Bertz CT molecular complexity index is 839.